The van der Waals surface area contributed by atoms with Crippen molar-refractivity contribution in [2.75, 3.05) is 35.0 Å². The summed E-state index contributed by atoms with van der Waals surface area (Å²) in [6, 6.07) is 18.8. The molecule has 1 fully saturated rings. The lowest BCUT2D eigenvalue weighted by Crippen LogP contribution is -2.51. The molecule has 246 valence electrons. The Labute approximate surface area is 264 Å². The molecular formula is C33H43F3N4O4S. The van der Waals surface area contributed by atoms with Crippen LogP contribution < -0.4 is 20.3 Å². The third kappa shape index (κ3) is 9.14. The number of halogens is 3. The first-order valence-corrected chi connectivity index (χ1v) is 16.7. The van der Waals surface area contributed by atoms with E-state index in [9.17, 15) is 32.2 Å². The Kier molecular flexibility index (Phi) is 11.1. The topological polar surface area (TPSA) is 117 Å². The summed E-state index contributed by atoms with van der Waals surface area (Å²) in [7, 11) is -3.02. The number of carbonyl (C=O) groups is 1. The molecule has 3 aromatic rings. The predicted molar refractivity (Wildman–Crippen MR) is 175 cm³/mol. The van der Waals surface area contributed by atoms with Gasteiger partial charge >= 0.3 is 6.18 Å². The number of anilines is 2. The number of aliphatic hydroxyl groups excluding tert-OH is 1. The van der Waals surface area contributed by atoms with Gasteiger partial charge in [0.2, 0.25) is 0 Å². The summed E-state index contributed by atoms with van der Waals surface area (Å²) in [5, 5.41) is 20.7. The number of carbonyl (C=O) groups excluding carboxylic acids is 1. The minimum absolute atomic E-state index is 0.0155. The van der Waals surface area contributed by atoms with Crippen molar-refractivity contribution in [2.24, 2.45) is 0 Å². The lowest BCUT2D eigenvalue weighted by Gasteiger charge is -2.47. The number of hydrogen-bond donors (Lipinski definition) is 6. The van der Waals surface area contributed by atoms with E-state index in [1.54, 1.807) is 42.4 Å². The number of nitrogens with zero attached hydrogens (tertiary/aromatic N) is 1. The summed E-state index contributed by atoms with van der Waals surface area (Å²) in [6.07, 6.45) is -3.79. The molecule has 12 heteroatoms. The molecule has 8 nitrogen and oxygen atoms in total. The molecule has 0 spiro atoms. The highest BCUT2D eigenvalue weighted by Gasteiger charge is 2.33. The fourth-order valence-electron chi connectivity index (χ4n) is 5.39. The maximum absolute atomic E-state index is 13.7. The van der Waals surface area contributed by atoms with E-state index >= 15 is 0 Å². The number of hydrogen-bond acceptors (Lipinski definition) is 7. The fourth-order valence-corrected chi connectivity index (χ4v) is 7.07. The average molecular weight is 649 g/mol. The third-order valence-electron chi connectivity index (χ3n) is 7.98. The lowest BCUT2D eigenvalue weighted by atomic mass is 9.92. The van der Waals surface area contributed by atoms with Gasteiger partial charge in [0, 0.05) is 36.4 Å². The van der Waals surface area contributed by atoms with E-state index in [0.29, 0.717) is 42.9 Å². The van der Waals surface area contributed by atoms with Gasteiger partial charge < -0.3 is 21.1 Å². The predicted octanol–water partition coefficient (Wildman–Crippen LogP) is 6.63. The van der Waals surface area contributed by atoms with Gasteiger partial charge in [-0.25, -0.2) is 0 Å². The largest absolute Gasteiger partial charge is 0.416 e. The first-order valence-electron chi connectivity index (χ1n) is 15.1. The summed E-state index contributed by atoms with van der Waals surface area (Å²) in [5.41, 5.74) is 1.05. The van der Waals surface area contributed by atoms with Gasteiger partial charge in [-0.15, -0.1) is 10.8 Å². The first-order chi connectivity index (χ1) is 21.2. The van der Waals surface area contributed by atoms with Gasteiger partial charge in [-0.3, -0.25) is 18.2 Å². The van der Waals surface area contributed by atoms with Crippen LogP contribution in [0.1, 0.15) is 60.7 Å². The standard InChI is InChI=1S/C33H43F3N4O4S/c1-4-37-27-18-24(19-28(21-27)40-15-8-9-16-45(40,43)44)31(42)39-29(17-23-11-6-5-7-12-23)30(41)22-38-32(2,3)25-13-10-14-26(20-25)33(34,35)36/h5-7,10-14,18-21,29-30,37-38,41,43-44H,4,8-9,15-17,22H2,1-3H3,(H,39,42)/t29-,30+/m0/s1. The highest BCUT2D eigenvalue weighted by molar-refractivity contribution is 8.25. The number of benzene rings is 3. The maximum Gasteiger partial charge on any atom is 0.416 e. The number of nitrogens with one attached hydrogen (secondary N) is 3. The molecule has 3 aromatic carbocycles. The molecule has 1 aliphatic heterocycles. The fraction of sp³-hybridized carbons (Fsp3) is 0.424. The van der Waals surface area contributed by atoms with Crippen molar-refractivity contribution in [3.05, 3.63) is 95.1 Å². The highest BCUT2D eigenvalue weighted by atomic mass is 32.3. The van der Waals surface area contributed by atoms with Crippen LogP contribution >= 0.6 is 10.8 Å². The molecular weight excluding hydrogens is 605 g/mol. The van der Waals surface area contributed by atoms with Crippen LogP contribution in [-0.2, 0) is 18.1 Å². The van der Waals surface area contributed by atoms with Gasteiger partial charge in [-0.05, 0) is 81.5 Å². The zero-order chi connectivity index (χ0) is 32.8. The van der Waals surface area contributed by atoms with Crippen molar-refractivity contribution >= 4 is 28.1 Å². The van der Waals surface area contributed by atoms with Crippen molar-refractivity contribution in [1.82, 2.24) is 10.6 Å². The molecule has 0 bridgehead atoms. The van der Waals surface area contributed by atoms with Gasteiger partial charge in [0.05, 0.1) is 29.1 Å². The van der Waals surface area contributed by atoms with Crippen molar-refractivity contribution in [3.63, 3.8) is 0 Å². The lowest BCUT2D eigenvalue weighted by molar-refractivity contribution is -0.137. The highest BCUT2D eigenvalue weighted by Crippen LogP contribution is 2.50. The summed E-state index contributed by atoms with van der Waals surface area (Å²) in [4.78, 5) is 13.7. The van der Waals surface area contributed by atoms with Crippen molar-refractivity contribution in [1.29, 1.82) is 0 Å². The minimum Gasteiger partial charge on any atom is -0.390 e. The van der Waals surface area contributed by atoms with Crippen LogP contribution in [0, 0.1) is 0 Å². The van der Waals surface area contributed by atoms with Gasteiger partial charge in [0.25, 0.3) is 5.91 Å². The average Bonchev–Trinajstić information content (AvgIpc) is 2.99. The summed E-state index contributed by atoms with van der Waals surface area (Å²) < 4.78 is 63.1. The molecule has 1 aliphatic rings. The third-order valence-corrected chi connectivity index (χ3v) is 9.91. The molecule has 1 heterocycles. The van der Waals surface area contributed by atoms with Crippen LogP contribution in [-0.4, -0.2) is 57.7 Å². The van der Waals surface area contributed by atoms with Crippen LogP contribution in [0.25, 0.3) is 0 Å². The van der Waals surface area contributed by atoms with Gasteiger partial charge in [-0.2, -0.15) is 13.2 Å². The summed E-state index contributed by atoms with van der Waals surface area (Å²) in [6.45, 7) is 6.40. The van der Waals surface area contributed by atoms with Crippen LogP contribution in [0.4, 0.5) is 24.5 Å². The van der Waals surface area contributed by atoms with Gasteiger partial charge in [0.1, 0.15) is 0 Å². The van der Waals surface area contributed by atoms with Crippen molar-refractivity contribution in [2.45, 2.75) is 63.9 Å². The number of aliphatic hydroxyl groups is 1. The number of rotatable bonds is 12. The van der Waals surface area contributed by atoms with E-state index in [1.807, 2.05) is 37.3 Å². The quantitative estimate of drug-likeness (QED) is 0.131. The molecule has 6 N–H and O–H groups in total. The molecule has 0 aliphatic carbocycles. The normalized spacial score (nSPS) is 17.3. The van der Waals surface area contributed by atoms with E-state index in [4.69, 9.17) is 0 Å². The van der Waals surface area contributed by atoms with E-state index in [-0.39, 0.29) is 17.9 Å². The second-order valence-electron chi connectivity index (χ2n) is 11.9. The SMILES string of the molecule is CCNc1cc(C(=O)N[C@@H](Cc2ccccc2)[C@H](O)CNC(C)(C)c2cccc(C(F)(F)F)c2)cc(N2CCCCS2(O)O)c1. The smallest absolute Gasteiger partial charge is 0.390 e. The summed E-state index contributed by atoms with van der Waals surface area (Å²) in [5.74, 6) is -0.198. The molecule has 0 radical (unpaired) electrons. The molecule has 0 aromatic heterocycles. The Bertz CT molecular complexity index is 1440. The monoisotopic (exact) mass is 648 g/mol. The molecule has 45 heavy (non-hydrogen) atoms. The molecule has 1 amide bonds. The van der Waals surface area contributed by atoms with Crippen LogP contribution in [0.2, 0.25) is 0 Å². The Morgan fingerprint density at radius 2 is 1.69 bits per heavy atom. The molecule has 4 rings (SSSR count). The Hall–Kier alpha value is -3.29. The summed E-state index contributed by atoms with van der Waals surface area (Å²) >= 11 is 0. The van der Waals surface area contributed by atoms with E-state index in [1.165, 1.54) is 6.07 Å². The Morgan fingerprint density at radius 1 is 0.978 bits per heavy atom. The molecule has 1 saturated heterocycles. The first kappa shape index (κ1) is 34.6. The van der Waals surface area contributed by atoms with Crippen molar-refractivity contribution in [3.8, 4) is 0 Å². The molecule has 0 unspecified atom stereocenters. The second-order valence-corrected chi connectivity index (χ2v) is 14.0. The van der Waals surface area contributed by atoms with E-state index in [2.05, 4.69) is 16.0 Å². The maximum atomic E-state index is 13.7. The van der Waals surface area contributed by atoms with Gasteiger partial charge in [0.15, 0.2) is 0 Å². The molecule has 2 atom stereocenters. The van der Waals surface area contributed by atoms with E-state index < -0.39 is 46.1 Å². The number of amides is 1. The van der Waals surface area contributed by atoms with Crippen LogP contribution in [0.3, 0.4) is 0 Å². The molecule has 0 saturated carbocycles. The zero-order valence-corrected chi connectivity index (χ0v) is 26.6. The van der Waals surface area contributed by atoms with Crippen LogP contribution in [0.15, 0.2) is 72.8 Å². The van der Waals surface area contributed by atoms with Gasteiger partial charge in [-0.1, -0.05) is 42.5 Å². The zero-order valence-electron chi connectivity index (χ0n) is 25.8. The Morgan fingerprint density at radius 3 is 2.36 bits per heavy atom. The van der Waals surface area contributed by atoms with E-state index in [0.717, 1.165) is 24.1 Å². The minimum atomic E-state index is -4.48. The second kappa shape index (κ2) is 14.4. The Balaban J connectivity index is 1.57. The number of alkyl halides is 3. The van der Waals surface area contributed by atoms with Crippen LogP contribution in [0.5, 0.6) is 0 Å². The van der Waals surface area contributed by atoms with Crippen molar-refractivity contribution < 1.29 is 32.2 Å².